The first-order valence-electron chi connectivity index (χ1n) is 10.2. The SMILES string of the molecule is O=C(c1ccc(OC2CCN(C3CSCCSC3)CC2)cc1)N1CCCC1. The lowest BCUT2D eigenvalue weighted by molar-refractivity contribution is 0.0792. The van der Waals surface area contributed by atoms with Crippen LogP contribution in [-0.2, 0) is 0 Å². The smallest absolute Gasteiger partial charge is 0.253 e. The van der Waals surface area contributed by atoms with Crippen molar-refractivity contribution < 1.29 is 9.53 Å². The van der Waals surface area contributed by atoms with E-state index in [-0.39, 0.29) is 5.91 Å². The Labute approximate surface area is 171 Å². The van der Waals surface area contributed by atoms with Crippen LogP contribution in [0.15, 0.2) is 24.3 Å². The molecule has 1 aromatic rings. The topological polar surface area (TPSA) is 32.8 Å². The number of thioether (sulfide) groups is 2. The highest BCUT2D eigenvalue weighted by atomic mass is 32.2. The molecule has 0 aromatic heterocycles. The normalized spacial score (nSPS) is 23.3. The van der Waals surface area contributed by atoms with Crippen molar-refractivity contribution in [2.75, 3.05) is 49.2 Å². The van der Waals surface area contributed by atoms with Gasteiger partial charge in [0.15, 0.2) is 0 Å². The molecule has 148 valence electrons. The fraction of sp³-hybridized carbons (Fsp3) is 0.667. The van der Waals surface area contributed by atoms with Gasteiger partial charge in [-0.25, -0.2) is 0 Å². The summed E-state index contributed by atoms with van der Waals surface area (Å²) in [6, 6.07) is 8.51. The van der Waals surface area contributed by atoms with Gasteiger partial charge in [-0.3, -0.25) is 9.69 Å². The van der Waals surface area contributed by atoms with Crippen LogP contribution in [-0.4, -0.2) is 77.0 Å². The standard InChI is InChI=1S/C21H30N2O2S2/c24-21(23-9-1-2-10-23)17-3-5-19(6-4-17)25-20-7-11-22(12-8-20)18-15-26-13-14-27-16-18/h3-6,18,20H,1-2,7-16H2. The highest BCUT2D eigenvalue weighted by Gasteiger charge is 2.27. The molecule has 0 atom stereocenters. The molecule has 3 saturated heterocycles. The fourth-order valence-electron chi connectivity index (χ4n) is 4.15. The largest absolute Gasteiger partial charge is 0.490 e. The van der Waals surface area contributed by atoms with Gasteiger partial charge in [0.2, 0.25) is 0 Å². The highest BCUT2D eigenvalue weighted by Crippen LogP contribution is 2.25. The maximum absolute atomic E-state index is 12.4. The van der Waals surface area contributed by atoms with Crippen LogP contribution in [0.25, 0.3) is 0 Å². The number of piperidine rings is 1. The monoisotopic (exact) mass is 406 g/mol. The van der Waals surface area contributed by atoms with Crippen LogP contribution in [0.3, 0.4) is 0 Å². The van der Waals surface area contributed by atoms with Crippen molar-refractivity contribution in [1.82, 2.24) is 9.80 Å². The molecular weight excluding hydrogens is 376 g/mol. The Bertz CT molecular complexity index is 603. The first kappa shape index (κ1) is 19.5. The molecule has 3 aliphatic heterocycles. The Morgan fingerprint density at radius 3 is 2.19 bits per heavy atom. The molecule has 3 heterocycles. The van der Waals surface area contributed by atoms with Gasteiger partial charge < -0.3 is 9.64 Å². The minimum Gasteiger partial charge on any atom is -0.490 e. The Morgan fingerprint density at radius 1 is 0.926 bits per heavy atom. The quantitative estimate of drug-likeness (QED) is 0.763. The second-order valence-electron chi connectivity index (χ2n) is 7.68. The second kappa shape index (κ2) is 9.57. The zero-order valence-electron chi connectivity index (χ0n) is 16.0. The van der Waals surface area contributed by atoms with Crippen molar-refractivity contribution in [2.24, 2.45) is 0 Å². The third-order valence-corrected chi connectivity index (χ3v) is 8.27. The maximum Gasteiger partial charge on any atom is 0.253 e. The van der Waals surface area contributed by atoms with E-state index < -0.39 is 0 Å². The van der Waals surface area contributed by atoms with Gasteiger partial charge in [-0.05, 0) is 49.9 Å². The van der Waals surface area contributed by atoms with Crippen LogP contribution in [0, 0.1) is 0 Å². The first-order chi connectivity index (χ1) is 13.3. The zero-order chi connectivity index (χ0) is 18.5. The maximum atomic E-state index is 12.4. The summed E-state index contributed by atoms with van der Waals surface area (Å²) in [5.41, 5.74) is 0.780. The molecule has 1 aromatic carbocycles. The van der Waals surface area contributed by atoms with E-state index in [0.717, 1.165) is 69.2 Å². The van der Waals surface area contributed by atoms with Crippen LogP contribution < -0.4 is 4.74 Å². The van der Waals surface area contributed by atoms with Crippen LogP contribution in [0.5, 0.6) is 5.75 Å². The van der Waals surface area contributed by atoms with Crippen LogP contribution in [0.4, 0.5) is 0 Å². The summed E-state index contributed by atoms with van der Waals surface area (Å²) in [5.74, 6) is 6.22. The summed E-state index contributed by atoms with van der Waals surface area (Å²) in [6.07, 6.45) is 4.75. The minimum absolute atomic E-state index is 0.159. The summed E-state index contributed by atoms with van der Waals surface area (Å²) < 4.78 is 6.21. The molecule has 3 aliphatic rings. The van der Waals surface area contributed by atoms with Gasteiger partial charge in [0.1, 0.15) is 11.9 Å². The molecule has 6 heteroatoms. The van der Waals surface area contributed by atoms with Crippen molar-refractivity contribution >= 4 is 29.4 Å². The number of ether oxygens (including phenoxy) is 1. The molecule has 0 radical (unpaired) electrons. The van der Waals surface area contributed by atoms with E-state index in [1.165, 1.54) is 23.0 Å². The van der Waals surface area contributed by atoms with E-state index >= 15 is 0 Å². The predicted octanol–water partition coefficient (Wildman–Crippen LogP) is 3.61. The van der Waals surface area contributed by atoms with Gasteiger partial charge in [0, 0.05) is 60.8 Å². The molecule has 1 amide bonds. The van der Waals surface area contributed by atoms with Gasteiger partial charge in [-0.1, -0.05) is 0 Å². The van der Waals surface area contributed by atoms with Crippen molar-refractivity contribution in [3.63, 3.8) is 0 Å². The average molecular weight is 407 g/mol. The summed E-state index contributed by atoms with van der Waals surface area (Å²) in [4.78, 5) is 17.1. The number of likely N-dealkylation sites (tertiary alicyclic amines) is 2. The van der Waals surface area contributed by atoms with Gasteiger partial charge in [-0.2, -0.15) is 23.5 Å². The molecule has 0 aliphatic carbocycles. The fourth-order valence-corrected chi connectivity index (χ4v) is 6.77. The van der Waals surface area contributed by atoms with Gasteiger partial charge in [0.05, 0.1) is 0 Å². The lowest BCUT2D eigenvalue weighted by atomic mass is 10.1. The van der Waals surface area contributed by atoms with Crippen LogP contribution in [0.2, 0.25) is 0 Å². The number of carbonyl (C=O) groups excluding carboxylic acids is 1. The Morgan fingerprint density at radius 2 is 1.56 bits per heavy atom. The Kier molecular flexibility index (Phi) is 6.90. The van der Waals surface area contributed by atoms with Crippen LogP contribution in [0.1, 0.15) is 36.0 Å². The molecule has 0 spiro atoms. The molecule has 0 N–H and O–H groups in total. The van der Waals surface area contributed by atoms with Crippen molar-refractivity contribution in [2.45, 2.75) is 37.8 Å². The first-order valence-corrected chi connectivity index (χ1v) is 12.6. The predicted molar refractivity (Wildman–Crippen MR) is 115 cm³/mol. The van der Waals surface area contributed by atoms with Crippen molar-refractivity contribution in [3.05, 3.63) is 29.8 Å². The molecule has 0 bridgehead atoms. The number of benzene rings is 1. The Hall–Kier alpha value is -0.850. The van der Waals surface area contributed by atoms with E-state index in [1.807, 2.05) is 29.2 Å². The number of rotatable bonds is 4. The summed E-state index contributed by atoms with van der Waals surface area (Å²) in [6.45, 7) is 4.07. The number of amides is 1. The number of carbonyl (C=O) groups is 1. The lowest BCUT2D eigenvalue weighted by Crippen LogP contribution is -2.46. The molecule has 0 unspecified atom stereocenters. The van der Waals surface area contributed by atoms with E-state index in [1.54, 1.807) is 0 Å². The average Bonchev–Trinajstić information content (AvgIpc) is 3.11. The zero-order valence-corrected chi connectivity index (χ0v) is 17.6. The number of hydrogen-bond donors (Lipinski definition) is 0. The number of nitrogens with zero attached hydrogens (tertiary/aromatic N) is 2. The van der Waals surface area contributed by atoms with E-state index in [4.69, 9.17) is 4.74 Å². The summed E-state index contributed by atoms with van der Waals surface area (Å²) >= 11 is 4.22. The van der Waals surface area contributed by atoms with E-state index in [0.29, 0.717) is 6.10 Å². The molecular formula is C21H30N2O2S2. The second-order valence-corrected chi connectivity index (χ2v) is 9.98. The third kappa shape index (κ3) is 5.15. The van der Waals surface area contributed by atoms with Crippen LogP contribution >= 0.6 is 23.5 Å². The summed E-state index contributed by atoms with van der Waals surface area (Å²) in [5, 5.41) is 0. The minimum atomic E-state index is 0.159. The van der Waals surface area contributed by atoms with Crippen molar-refractivity contribution in [1.29, 1.82) is 0 Å². The van der Waals surface area contributed by atoms with E-state index in [2.05, 4.69) is 28.4 Å². The Balaban J connectivity index is 1.25. The van der Waals surface area contributed by atoms with Crippen molar-refractivity contribution in [3.8, 4) is 5.75 Å². The summed E-state index contributed by atoms with van der Waals surface area (Å²) in [7, 11) is 0. The molecule has 4 rings (SSSR count). The highest BCUT2D eigenvalue weighted by molar-refractivity contribution is 8.03. The lowest BCUT2D eigenvalue weighted by Gasteiger charge is -2.37. The third-order valence-electron chi connectivity index (χ3n) is 5.78. The molecule has 27 heavy (non-hydrogen) atoms. The van der Waals surface area contributed by atoms with Gasteiger partial charge >= 0.3 is 0 Å². The van der Waals surface area contributed by atoms with Gasteiger partial charge in [-0.15, -0.1) is 0 Å². The van der Waals surface area contributed by atoms with Gasteiger partial charge in [0.25, 0.3) is 5.91 Å². The van der Waals surface area contributed by atoms with E-state index in [9.17, 15) is 4.79 Å². The number of hydrogen-bond acceptors (Lipinski definition) is 5. The molecule has 4 nitrogen and oxygen atoms in total. The molecule has 3 fully saturated rings. The molecule has 0 saturated carbocycles.